The highest BCUT2D eigenvalue weighted by Gasteiger charge is 2.30. The van der Waals surface area contributed by atoms with Crippen LogP contribution in [0.5, 0.6) is 5.75 Å². The Morgan fingerprint density at radius 3 is 2.45 bits per heavy atom. The largest absolute Gasteiger partial charge is 0.494 e. The molecule has 3 heteroatoms. The lowest BCUT2D eigenvalue weighted by Gasteiger charge is -2.13. The number of ketones is 1. The number of rotatable bonds is 9. The number of likely N-dealkylation sites (tertiary alicyclic amines) is 1. The third-order valence-electron chi connectivity index (χ3n) is 4.67. The summed E-state index contributed by atoms with van der Waals surface area (Å²) in [4.78, 5) is 14.5. The summed E-state index contributed by atoms with van der Waals surface area (Å²) in [7, 11) is 0. The number of benzene rings is 1. The van der Waals surface area contributed by atoms with Crippen LogP contribution in [0, 0.1) is 5.92 Å². The smallest absolute Gasteiger partial charge is 0.165 e. The van der Waals surface area contributed by atoms with E-state index in [1.54, 1.807) is 0 Å². The van der Waals surface area contributed by atoms with Gasteiger partial charge in [-0.05, 0) is 88.8 Å². The summed E-state index contributed by atoms with van der Waals surface area (Å²) in [6.07, 6.45) is 8.50. The molecule has 3 nitrogen and oxygen atoms in total. The van der Waals surface area contributed by atoms with Crippen LogP contribution in [0.2, 0.25) is 0 Å². The molecule has 0 radical (unpaired) electrons. The van der Waals surface area contributed by atoms with E-state index in [0.717, 1.165) is 37.2 Å². The maximum absolute atomic E-state index is 11.9. The van der Waals surface area contributed by atoms with Crippen LogP contribution in [0.3, 0.4) is 0 Å². The second-order valence-electron chi connectivity index (χ2n) is 6.62. The predicted octanol–water partition coefficient (Wildman–Crippen LogP) is 3.92. The van der Waals surface area contributed by atoms with Gasteiger partial charge in [0.05, 0.1) is 6.61 Å². The van der Waals surface area contributed by atoms with E-state index in [9.17, 15) is 4.79 Å². The van der Waals surface area contributed by atoms with Crippen molar-refractivity contribution in [1.82, 2.24) is 4.90 Å². The van der Waals surface area contributed by atoms with Gasteiger partial charge >= 0.3 is 0 Å². The van der Waals surface area contributed by atoms with Gasteiger partial charge in [-0.15, -0.1) is 0 Å². The number of nitrogens with zero attached hydrogens (tertiary/aromatic N) is 1. The van der Waals surface area contributed by atoms with Crippen LogP contribution >= 0.6 is 0 Å². The molecule has 0 bridgehead atoms. The molecular weight excluding hydrogens is 274 g/mol. The first-order valence-corrected chi connectivity index (χ1v) is 8.82. The summed E-state index contributed by atoms with van der Waals surface area (Å²) >= 11 is 0. The molecule has 1 aromatic carbocycles. The van der Waals surface area contributed by atoms with Gasteiger partial charge in [0.15, 0.2) is 5.78 Å². The van der Waals surface area contributed by atoms with Gasteiger partial charge in [-0.3, -0.25) is 4.79 Å². The summed E-state index contributed by atoms with van der Waals surface area (Å²) < 4.78 is 5.76. The molecule has 1 heterocycles. The topological polar surface area (TPSA) is 29.5 Å². The lowest BCUT2D eigenvalue weighted by atomic mass is 10.1. The van der Waals surface area contributed by atoms with Gasteiger partial charge in [-0.1, -0.05) is 0 Å². The standard InChI is InChI=1S/C19H27NO2/c21-19(16-6-7-16)17-8-10-18(11-9-17)22-15-5-1-2-12-20-13-3-4-14-20/h8-11,16H,1-7,12-15H2. The Hall–Kier alpha value is -1.35. The molecule has 1 aliphatic carbocycles. The van der Waals surface area contributed by atoms with Gasteiger partial charge in [0.25, 0.3) is 0 Å². The zero-order chi connectivity index (χ0) is 15.2. The molecule has 2 fully saturated rings. The number of hydrogen-bond acceptors (Lipinski definition) is 3. The number of ether oxygens (including phenoxy) is 1. The molecule has 0 aromatic heterocycles. The summed E-state index contributed by atoms with van der Waals surface area (Å²) in [6, 6.07) is 7.67. The van der Waals surface area contributed by atoms with Crippen molar-refractivity contribution in [3.05, 3.63) is 29.8 Å². The molecule has 22 heavy (non-hydrogen) atoms. The first kappa shape index (κ1) is 15.5. The van der Waals surface area contributed by atoms with E-state index >= 15 is 0 Å². The number of carbonyl (C=O) groups is 1. The normalized spacial score (nSPS) is 18.5. The Morgan fingerprint density at radius 2 is 1.77 bits per heavy atom. The molecular formula is C19H27NO2. The van der Waals surface area contributed by atoms with Crippen molar-refractivity contribution in [2.75, 3.05) is 26.2 Å². The lowest BCUT2D eigenvalue weighted by molar-refractivity contribution is 0.0967. The van der Waals surface area contributed by atoms with Gasteiger partial charge in [0.2, 0.25) is 0 Å². The van der Waals surface area contributed by atoms with E-state index in [2.05, 4.69) is 4.90 Å². The van der Waals surface area contributed by atoms with Crippen LogP contribution in [0.15, 0.2) is 24.3 Å². The molecule has 0 atom stereocenters. The average Bonchev–Trinajstić information content (AvgIpc) is 3.27. The van der Waals surface area contributed by atoms with Crippen LogP contribution in [0.1, 0.15) is 55.3 Å². The molecule has 120 valence electrons. The maximum Gasteiger partial charge on any atom is 0.165 e. The van der Waals surface area contributed by atoms with E-state index in [0.29, 0.717) is 11.7 Å². The van der Waals surface area contributed by atoms with Crippen LogP contribution in [-0.2, 0) is 0 Å². The Bertz CT molecular complexity index is 473. The minimum atomic E-state index is 0.294. The van der Waals surface area contributed by atoms with Crippen molar-refractivity contribution in [3.63, 3.8) is 0 Å². The van der Waals surface area contributed by atoms with Gasteiger partial charge in [-0.25, -0.2) is 0 Å². The highest BCUT2D eigenvalue weighted by molar-refractivity contribution is 5.99. The van der Waals surface area contributed by atoms with Crippen LogP contribution in [0.4, 0.5) is 0 Å². The molecule has 1 aromatic rings. The summed E-state index contributed by atoms with van der Waals surface area (Å²) in [5, 5.41) is 0. The van der Waals surface area contributed by atoms with E-state index in [1.165, 1.54) is 45.3 Å². The molecule has 0 unspecified atom stereocenters. The maximum atomic E-state index is 11.9. The third kappa shape index (κ3) is 4.57. The van der Waals surface area contributed by atoms with Gasteiger partial charge in [0, 0.05) is 11.5 Å². The van der Waals surface area contributed by atoms with Crippen molar-refractivity contribution in [2.24, 2.45) is 5.92 Å². The van der Waals surface area contributed by atoms with Crippen molar-refractivity contribution in [3.8, 4) is 5.75 Å². The Labute approximate surface area is 133 Å². The van der Waals surface area contributed by atoms with E-state index in [-0.39, 0.29) is 0 Å². The van der Waals surface area contributed by atoms with Crippen molar-refractivity contribution < 1.29 is 9.53 Å². The summed E-state index contributed by atoms with van der Waals surface area (Å²) in [6.45, 7) is 4.61. The Balaban J connectivity index is 1.29. The monoisotopic (exact) mass is 301 g/mol. The van der Waals surface area contributed by atoms with Gasteiger partial charge in [0.1, 0.15) is 5.75 Å². The zero-order valence-electron chi connectivity index (χ0n) is 13.4. The number of carbonyl (C=O) groups excluding carboxylic acids is 1. The minimum Gasteiger partial charge on any atom is -0.494 e. The fourth-order valence-electron chi connectivity index (χ4n) is 3.11. The minimum absolute atomic E-state index is 0.294. The highest BCUT2D eigenvalue weighted by atomic mass is 16.5. The third-order valence-corrected chi connectivity index (χ3v) is 4.67. The fraction of sp³-hybridized carbons (Fsp3) is 0.632. The molecule has 1 aliphatic heterocycles. The molecule has 1 saturated heterocycles. The number of hydrogen-bond donors (Lipinski definition) is 0. The fourth-order valence-corrected chi connectivity index (χ4v) is 3.11. The summed E-state index contributed by atoms with van der Waals surface area (Å²) in [5.41, 5.74) is 0.834. The summed E-state index contributed by atoms with van der Waals surface area (Å²) in [5.74, 6) is 1.47. The van der Waals surface area contributed by atoms with Gasteiger partial charge in [-0.2, -0.15) is 0 Å². The predicted molar refractivity (Wildman–Crippen MR) is 88.5 cm³/mol. The molecule has 0 amide bonds. The molecule has 3 rings (SSSR count). The van der Waals surface area contributed by atoms with E-state index in [1.807, 2.05) is 24.3 Å². The Kier molecular flexibility index (Phi) is 5.49. The molecule has 0 N–H and O–H groups in total. The van der Waals surface area contributed by atoms with Gasteiger partial charge < -0.3 is 9.64 Å². The van der Waals surface area contributed by atoms with Crippen LogP contribution in [0.25, 0.3) is 0 Å². The van der Waals surface area contributed by atoms with Crippen molar-refractivity contribution in [1.29, 1.82) is 0 Å². The van der Waals surface area contributed by atoms with Crippen molar-refractivity contribution in [2.45, 2.75) is 44.9 Å². The highest BCUT2D eigenvalue weighted by Crippen LogP contribution is 2.32. The van der Waals surface area contributed by atoms with E-state index in [4.69, 9.17) is 4.74 Å². The van der Waals surface area contributed by atoms with Crippen LogP contribution < -0.4 is 4.74 Å². The first-order chi connectivity index (χ1) is 10.8. The second kappa shape index (κ2) is 7.77. The van der Waals surface area contributed by atoms with Crippen molar-refractivity contribution >= 4 is 5.78 Å². The Morgan fingerprint density at radius 1 is 1.05 bits per heavy atom. The second-order valence-corrected chi connectivity index (χ2v) is 6.62. The lowest BCUT2D eigenvalue weighted by Crippen LogP contribution is -2.20. The SMILES string of the molecule is O=C(c1ccc(OCCCCCN2CCCC2)cc1)C1CC1. The molecule has 0 spiro atoms. The zero-order valence-corrected chi connectivity index (χ0v) is 13.4. The van der Waals surface area contributed by atoms with Crippen LogP contribution in [-0.4, -0.2) is 36.9 Å². The number of unbranched alkanes of at least 4 members (excludes halogenated alkanes) is 2. The first-order valence-electron chi connectivity index (χ1n) is 8.82. The average molecular weight is 301 g/mol. The number of Topliss-reactive ketones (excluding diaryl/α,β-unsaturated/α-hetero) is 1. The van der Waals surface area contributed by atoms with E-state index < -0.39 is 0 Å². The molecule has 2 aliphatic rings. The molecule has 1 saturated carbocycles. The quantitative estimate of drug-likeness (QED) is 0.511.